The van der Waals surface area contributed by atoms with Crippen LogP contribution >= 0.6 is 0 Å². The van der Waals surface area contributed by atoms with Gasteiger partial charge in [-0.3, -0.25) is 0 Å². The van der Waals surface area contributed by atoms with Gasteiger partial charge in [0, 0.05) is 0 Å². The van der Waals surface area contributed by atoms with Gasteiger partial charge in [0.15, 0.2) is 0 Å². The SMILES string of the molecule is Cc1cccc2c1-c1ccccc1C21c2ccc3c(c2Cc2c1ccc1ccccc21)C=CCC3.Cc1cccc2c1C1=C(C=CCC1)C21c2ccccc2-c2ccccc21.Cc1ccccc1-c1ccccc1. The van der Waals surface area contributed by atoms with Crippen molar-refractivity contribution < 1.29 is 0 Å². The van der Waals surface area contributed by atoms with Crippen LogP contribution in [0.1, 0.15) is 103 Å². The molecule has 74 heavy (non-hydrogen) atoms. The third-order valence-corrected chi connectivity index (χ3v) is 17.5. The number of rotatable bonds is 1. The van der Waals surface area contributed by atoms with Gasteiger partial charge in [0.05, 0.1) is 10.8 Å². The summed E-state index contributed by atoms with van der Waals surface area (Å²) in [5.74, 6) is 0. The Morgan fingerprint density at radius 3 is 1.64 bits per heavy atom. The molecule has 0 nitrogen and oxygen atoms in total. The summed E-state index contributed by atoms with van der Waals surface area (Å²) >= 11 is 0. The van der Waals surface area contributed by atoms with Crippen LogP contribution in [0.3, 0.4) is 0 Å². The average Bonchev–Trinajstić information content (AvgIpc) is 4.22. The summed E-state index contributed by atoms with van der Waals surface area (Å²) in [6, 6.07) is 78.5. The Kier molecular flexibility index (Phi) is 10.5. The van der Waals surface area contributed by atoms with E-state index in [-0.39, 0.29) is 10.8 Å². The molecule has 0 saturated carbocycles. The van der Waals surface area contributed by atoms with Gasteiger partial charge in [-0.2, -0.15) is 0 Å². The van der Waals surface area contributed by atoms with Crippen molar-refractivity contribution >= 4 is 22.4 Å². The molecule has 0 heteroatoms. The van der Waals surface area contributed by atoms with Crippen molar-refractivity contribution in [2.75, 3.05) is 0 Å². The zero-order chi connectivity index (χ0) is 49.5. The molecule has 16 rings (SSSR count). The molecule has 6 aliphatic rings. The second kappa shape index (κ2) is 17.4. The molecule has 354 valence electrons. The zero-order valence-electron chi connectivity index (χ0n) is 42.6. The van der Waals surface area contributed by atoms with E-state index in [0.717, 1.165) is 32.1 Å². The fourth-order valence-electron chi connectivity index (χ4n) is 14.5. The van der Waals surface area contributed by atoms with E-state index in [2.05, 4.69) is 251 Å². The first-order valence-corrected chi connectivity index (χ1v) is 26.8. The summed E-state index contributed by atoms with van der Waals surface area (Å²) < 4.78 is 0. The lowest BCUT2D eigenvalue weighted by Gasteiger charge is -2.42. The van der Waals surface area contributed by atoms with Crippen LogP contribution < -0.4 is 0 Å². The van der Waals surface area contributed by atoms with E-state index in [9.17, 15) is 0 Å². The molecule has 0 fully saturated rings. The van der Waals surface area contributed by atoms with Crippen LogP contribution in [0.2, 0.25) is 0 Å². The Morgan fingerprint density at radius 2 is 0.892 bits per heavy atom. The Morgan fingerprint density at radius 1 is 0.351 bits per heavy atom. The predicted molar refractivity (Wildman–Crippen MR) is 311 cm³/mol. The van der Waals surface area contributed by atoms with Crippen LogP contribution in [0.15, 0.2) is 236 Å². The van der Waals surface area contributed by atoms with Gasteiger partial charge in [0.25, 0.3) is 0 Å². The van der Waals surface area contributed by atoms with Crippen molar-refractivity contribution in [2.45, 2.75) is 63.7 Å². The minimum absolute atomic E-state index is 0.138. The Labute approximate surface area is 436 Å². The number of allylic oxidation sites excluding steroid dienone is 5. The molecular weight excluding hydrogens is 889 g/mol. The van der Waals surface area contributed by atoms with E-state index in [1.807, 2.05) is 6.07 Å². The number of fused-ring (bicyclic) bond motifs is 22. The highest BCUT2D eigenvalue weighted by Gasteiger charge is 2.53. The van der Waals surface area contributed by atoms with Crippen LogP contribution in [0.5, 0.6) is 0 Å². The maximum Gasteiger partial charge on any atom is 0.0722 e. The number of aryl methyl sites for hydroxylation is 4. The molecule has 10 aromatic carbocycles. The molecule has 2 spiro atoms. The van der Waals surface area contributed by atoms with Gasteiger partial charge >= 0.3 is 0 Å². The van der Waals surface area contributed by atoms with Crippen LogP contribution in [-0.2, 0) is 23.7 Å². The van der Waals surface area contributed by atoms with E-state index in [4.69, 9.17) is 0 Å². The van der Waals surface area contributed by atoms with Crippen molar-refractivity contribution in [3.63, 3.8) is 0 Å². The molecule has 0 heterocycles. The predicted octanol–water partition coefficient (Wildman–Crippen LogP) is 18.5. The molecule has 0 amide bonds. The topological polar surface area (TPSA) is 0 Å². The van der Waals surface area contributed by atoms with Crippen molar-refractivity contribution in [2.24, 2.45) is 0 Å². The maximum absolute atomic E-state index is 2.47. The lowest BCUT2D eigenvalue weighted by atomic mass is 9.60. The Hall–Kier alpha value is -8.32. The van der Waals surface area contributed by atoms with E-state index in [1.165, 1.54) is 133 Å². The third kappa shape index (κ3) is 6.34. The number of hydrogen-bond donors (Lipinski definition) is 0. The Bertz CT molecular complexity index is 3970. The lowest BCUT2D eigenvalue weighted by Crippen LogP contribution is -2.35. The second-order valence-electron chi connectivity index (χ2n) is 21.2. The van der Waals surface area contributed by atoms with Crippen molar-refractivity contribution in [3.05, 3.63) is 320 Å². The van der Waals surface area contributed by atoms with Gasteiger partial charge in [0.2, 0.25) is 0 Å². The van der Waals surface area contributed by atoms with Gasteiger partial charge < -0.3 is 0 Å². The van der Waals surface area contributed by atoms with Gasteiger partial charge in [-0.05, 0) is 192 Å². The van der Waals surface area contributed by atoms with Crippen LogP contribution in [0.4, 0.5) is 0 Å². The molecular formula is C74H58. The van der Waals surface area contributed by atoms with Crippen molar-refractivity contribution in [1.82, 2.24) is 0 Å². The fraction of sp³-hybridized carbons (Fsp3) is 0.135. The summed E-state index contributed by atoms with van der Waals surface area (Å²) in [7, 11) is 0. The van der Waals surface area contributed by atoms with Gasteiger partial charge in [-0.25, -0.2) is 0 Å². The molecule has 10 aromatic rings. The largest absolute Gasteiger partial charge is 0.0839 e. The smallest absolute Gasteiger partial charge is 0.0722 e. The second-order valence-corrected chi connectivity index (χ2v) is 21.2. The average molecular weight is 947 g/mol. The molecule has 1 atom stereocenters. The van der Waals surface area contributed by atoms with Gasteiger partial charge in [0.1, 0.15) is 0 Å². The molecule has 6 aliphatic carbocycles. The van der Waals surface area contributed by atoms with E-state index >= 15 is 0 Å². The summed E-state index contributed by atoms with van der Waals surface area (Å²) in [6.07, 6.45) is 15.1. The molecule has 0 saturated heterocycles. The summed E-state index contributed by atoms with van der Waals surface area (Å²) in [5.41, 5.74) is 32.6. The molecule has 1 unspecified atom stereocenters. The van der Waals surface area contributed by atoms with E-state index in [1.54, 1.807) is 5.57 Å². The first-order valence-electron chi connectivity index (χ1n) is 26.8. The molecule has 0 N–H and O–H groups in total. The molecule has 0 aliphatic heterocycles. The molecule has 0 radical (unpaired) electrons. The lowest BCUT2D eigenvalue weighted by molar-refractivity contribution is 0.721. The van der Waals surface area contributed by atoms with Crippen molar-refractivity contribution in [3.8, 4) is 33.4 Å². The highest BCUT2D eigenvalue weighted by atomic mass is 14.5. The molecule has 0 aromatic heterocycles. The van der Waals surface area contributed by atoms with Crippen LogP contribution in [0.25, 0.3) is 55.8 Å². The van der Waals surface area contributed by atoms with E-state index in [0.29, 0.717) is 0 Å². The summed E-state index contributed by atoms with van der Waals surface area (Å²) in [4.78, 5) is 0. The van der Waals surface area contributed by atoms with Gasteiger partial charge in [-0.15, -0.1) is 0 Å². The summed E-state index contributed by atoms with van der Waals surface area (Å²) in [5, 5.41) is 2.73. The minimum atomic E-state index is -0.286. The molecule has 0 bridgehead atoms. The Balaban J connectivity index is 0.000000113. The van der Waals surface area contributed by atoms with Crippen molar-refractivity contribution in [1.29, 1.82) is 0 Å². The number of hydrogen-bond acceptors (Lipinski definition) is 0. The quantitative estimate of drug-likeness (QED) is 0.154. The van der Waals surface area contributed by atoms with E-state index < -0.39 is 0 Å². The van der Waals surface area contributed by atoms with Crippen LogP contribution in [0, 0.1) is 20.8 Å². The normalized spacial score (nSPS) is 16.9. The fourth-order valence-corrected chi connectivity index (χ4v) is 14.5. The standard InChI is InChI=1S/C35H26.C26H20.C13H12/c1-22-9-8-16-33-34(22)27-14-6-7-15-30(27)35(33)31-19-17-23-10-2-4-12-25(23)28(31)21-29-26-13-5-3-11-24(26)18-20-32(29)35;1-17-9-8-16-24-25(17)20-12-4-7-15-23(20)26(24)21-13-5-2-10-18(21)19-11-3-6-14-22(19)26;1-11-7-5-6-10-13(11)12-8-3-2-4-9-12/h2,4-10,12-20H,3,11,21H2,1H3;2-3,5-11,13-16H,4,12H2,1H3;2-10H,1H3. The van der Waals surface area contributed by atoms with Gasteiger partial charge in [-0.1, -0.05) is 237 Å². The maximum atomic E-state index is 2.47. The highest BCUT2D eigenvalue weighted by molar-refractivity contribution is 5.98. The minimum Gasteiger partial charge on any atom is -0.0839 e. The summed E-state index contributed by atoms with van der Waals surface area (Å²) in [6.45, 7) is 6.69. The number of benzene rings is 10. The monoisotopic (exact) mass is 946 g/mol. The third-order valence-electron chi connectivity index (χ3n) is 17.5. The van der Waals surface area contributed by atoms with Crippen LogP contribution in [-0.4, -0.2) is 0 Å². The highest BCUT2D eigenvalue weighted by Crippen LogP contribution is 2.64. The zero-order valence-corrected chi connectivity index (χ0v) is 42.6. The first kappa shape index (κ1) is 44.4. The first-order chi connectivity index (χ1) is 36.5.